The first-order valence-electron chi connectivity index (χ1n) is 14.9. The maximum Gasteiger partial charge on any atom is 0.101 e. The van der Waals surface area contributed by atoms with E-state index < -0.39 is 8.07 Å². The van der Waals surface area contributed by atoms with Crippen molar-refractivity contribution < 1.29 is 0 Å². The van der Waals surface area contributed by atoms with Gasteiger partial charge in [-0.25, -0.2) is 0 Å². The van der Waals surface area contributed by atoms with E-state index >= 15 is 0 Å². The van der Waals surface area contributed by atoms with E-state index in [-0.39, 0.29) is 0 Å². The van der Waals surface area contributed by atoms with Crippen molar-refractivity contribution in [3.05, 3.63) is 23.6 Å². The maximum atomic E-state index is 2.78. The number of hydrogen-bond acceptors (Lipinski definition) is 0. The van der Waals surface area contributed by atoms with Crippen molar-refractivity contribution in [2.75, 3.05) is 0 Å². The Morgan fingerprint density at radius 1 is 0.562 bits per heavy atom. The monoisotopic (exact) mass is 454 g/mol. The average molecular weight is 455 g/mol. The van der Waals surface area contributed by atoms with E-state index in [9.17, 15) is 0 Å². The van der Waals surface area contributed by atoms with E-state index in [1.807, 2.05) is 0 Å². The third kappa shape index (κ3) is 6.42. The van der Waals surface area contributed by atoms with Crippen LogP contribution in [0.4, 0.5) is 0 Å². The molecule has 0 amide bonds. The second-order valence-corrected chi connectivity index (χ2v) is 17.1. The molecule has 1 heteroatoms. The van der Waals surface area contributed by atoms with Gasteiger partial charge in [0.2, 0.25) is 0 Å². The van der Waals surface area contributed by atoms with Crippen LogP contribution in [0.3, 0.4) is 0 Å². The molecule has 1 atom stereocenters. The highest BCUT2D eigenvalue weighted by atomic mass is 28.3. The Labute approximate surface area is 202 Å². The summed E-state index contributed by atoms with van der Waals surface area (Å²) in [6, 6.07) is 0. The first-order chi connectivity index (χ1) is 15.6. The van der Waals surface area contributed by atoms with Crippen LogP contribution in [0, 0.1) is 35.5 Å². The molecular weight excluding hydrogens is 400 g/mol. The minimum absolute atomic E-state index is 0.882. The summed E-state index contributed by atoms with van der Waals surface area (Å²) >= 11 is 0. The lowest BCUT2D eigenvalue weighted by Gasteiger charge is -2.41. The van der Waals surface area contributed by atoms with Gasteiger partial charge in [0.05, 0.1) is 0 Å². The van der Waals surface area contributed by atoms with Crippen molar-refractivity contribution in [1.29, 1.82) is 0 Å². The molecular formula is C31H54Si. The fraction of sp³-hybridized carbons (Fsp3) is 0.871. The fourth-order valence-electron chi connectivity index (χ4n) is 8.41. The van der Waals surface area contributed by atoms with Gasteiger partial charge >= 0.3 is 0 Å². The second-order valence-electron chi connectivity index (χ2n) is 12.9. The highest BCUT2D eigenvalue weighted by Crippen LogP contribution is 2.46. The molecule has 0 saturated heterocycles. The standard InChI is InChI=1S/C31H54Si/c1-4-23-32(3,31-8-6-5-7-9-31)24-22-26-12-16-28(17-13-26)30-20-18-29(19-21-30)27-14-10-25(2)11-15-27/h4,22-31H,5-21H2,1-3H3. The van der Waals surface area contributed by atoms with Gasteiger partial charge in [-0.2, -0.15) is 0 Å². The van der Waals surface area contributed by atoms with Crippen LogP contribution < -0.4 is 0 Å². The van der Waals surface area contributed by atoms with Crippen LogP contribution in [0.2, 0.25) is 12.1 Å². The van der Waals surface area contributed by atoms with Crippen LogP contribution in [0.5, 0.6) is 0 Å². The van der Waals surface area contributed by atoms with E-state index in [1.165, 1.54) is 70.6 Å². The van der Waals surface area contributed by atoms with Crippen molar-refractivity contribution in [1.82, 2.24) is 0 Å². The third-order valence-corrected chi connectivity index (χ3v) is 15.1. The summed E-state index contributed by atoms with van der Waals surface area (Å²) in [6.07, 6.45) is 30.9. The van der Waals surface area contributed by atoms with Gasteiger partial charge < -0.3 is 0 Å². The number of allylic oxidation sites excluding steroid dienone is 2. The van der Waals surface area contributed by atoms with E-state index in [1.54, 1.807) is 38.5 Å². The molecule has 1 unspecified atom stereocenters. The van der Waals surface area contributed by atoms with Gasteiger partial charge in [0.15, 0.2) is 0 Å². The van der Waals surface area contributed by atoms with Gasteiger partial charge in [0, 0.05) is 0 Å². The minimum atomic E-state index is -1.37. The molecule has 0 aliphatic heterocycles. The molecule has 4 fully saturated rings. The molecule has 0 aromatic heterocycles. The molecule has 4 aliphatic carbocycles. The van der Waals surface area contributed by atoms with Crippen molar-refractivity contribution in [3.8, 4) is 0 Å². The molecule has 0 bridgehead atoms. The Balaban J connectivity index is 1.22. The van der Waals surface area contributed by atoms with Gasteiger partial charge in [0.25, 0.3) is 0 Å². The molecule has 0 N–H and O–H groups in total. The van der Waals surface area contributed by atoms with Crippen molar-refractivity contribution in [3.63, 3.8) is 0 Å². The van der Waals surface area contributed by atoms with Crippen LogP contribution in [0.25, 0.3) is 0 Å². The van der Waals surface area contributed by atoms with E-state index in [4.69, 9.17) is 0 Å². The zero-order chi connectivity index (χ0) is 22.4. The van der Waals surface area contributed by atoms with Crippen LogP contribution >= 0.6 is 0 Å². The molecule has 4 saturated carbocycles. The molecule has 32 heavy (non-hydrogen) atoms. The van der Waals surface area contributed by atoms with Gasteiger partial charge in [0.1, 0.15) is 8.07 Å². The quantitative estimate of drug-likeness (QED) is 0.350. The first-order valence-corrected chi connectivity index (χ1v) is 17.6. The van der Waals surface area contributed by atoms with Crippen LogP contribution in [-0.2, 0) is 0 Å². The summed E-state index contributed by atoms with van der Waals surface area (Å²) in [7, 11) is -1.37. The minimum Gasteiger partial charge on any atom is -0.0952 e. The van der Waals surface area contributed by atoms with E-state index in [2.05, 4.69) is 43.9 Å². The molecule has 4 rings (SSSR count). The Hall–Kier alpha value is -0.303. The molecule has 0 spiro atoms. The lowest BCUT2D eigenvalue weighted by molar-refractivity contribution is 0.110. The summed E-state index contributed by atoms with van der Waals surface area (Å²) in [5.74, 6) is 6.20. The molecule has 0 radical (unpaired) electrons. The van der Waals surface area contributed by atoms with Crippen LogP contribution in [-0.4, -0.2) is 8.07 Å². The number of hydrogen-bond donors (Lipinski definition) is 0. The van der Waals surface area contributed by atoms with Gasteiger partial charge in [-0.15, -0.1) is 0 Å². The zero-order valence-electron chi connectivity index (χ0n) is 21.9. The third-order valence-electron chi connectivity index (χ3n) is 10.8. The fourth-order valence-corrected chi connectivity index (χ4v) is 12.1. The van der Waals surface area contributed by atoms with E-state index in [0.717, 1.165) is 41.0 Å². The predicted octanol–water partition coefficient (Wildman–Crippen LogP) is 10.0. The van der Waals surface area contributed by atoms with Crippen LogP contribution in [0.1, 0.15) is 123 Å². The first kappa shape index (κ1) is 24.8. The summed E-state index contributed by atoms with van der Waals surface area (Å²) in [5, 5.41) is 0. The Kier molecular flexibility index (Phi) is 9.23. The van der Waals surface area contributed by atoms with Crippen molar-refractivity contribution >= 4 is 8.07 Å². The van der Waals surface area contributed by atoms with Gasteiger partial charge in [-0.1, -0.05) is 82.0 Å². The van der Waals surface area contributed by atoms with Crippen molar-refractivity contribution in [2.24, 2.45) is 35.5 Å². The Morgan fingerprint density at radius 3 is 1.53 bits per heavy atom. The number of rotatable bonds is 6. The average Bonchev–Trinajstić information content (AvgIpc) is 2.84. The summed E-state index contributed by atoms with van der Waals surface area (Å²) in [4.78, 5) is 0. The summed E-state index contributed by atoms with van der Waals surface area (Å²) in [6.45, 7) is 7.37. The smallest absolute Gasteiger partial charge is 0.0952 e. The molecule has 182 valence electrons. The predicted molar refractivity (Wildman–Crippen MR) is 144 cm³/mol. The lowest BCUT2D eigenvalue weighted by atomic mass is 9.65. The van der Waals surface area contributed by atoms with Gasteiger partial charge in [-0.05, 0) is 112 Å². The Morgan fingerprint density at radius 2 is 1.03 bits per heavy atom. The molecule has 4 aliphatic rings. The highest BCUT2D eigenvalue weighted by molar-refractivity contribution is 6.89. The van der Waals surface area contributed by atoms with E-state index in [0.29, 0.717) is 0 Å². The molecule has 0 aromatic rings. The highest BCUT2D eigenvalue weighted by Gasteiger charge is 2.35. The Bertz CT molecular complexity index is 590. The topological polar surface area (TPSA) is 0 Å². The second kappa shape index (κ2) is 11.9. The normalized spacial score (nSPS) is 40.0. The summed E-state index contributed by atoms with van der Waals surface area (Å²) < 4.78 is 0. The largest absolute Gasteiger partial charge is 0.101 e. The lowest BCUT2D eigenvalue weighted by Crippen LogP contribution is -2.34. The summed E-state index contributed by atoms with van der Waals surface area (Å²) in [5.41, 5.74) is 6.43. The van der Waals surface area contributed by atoms with Crippen molar-refractivity contribution in [2.45, 2.75) is 135 Å². The van der Waals surface area contributed by atoms with Crippen LogP contribution in [0.15, 0.2) is 23.6 Å². The SMILES string of the molecule is CC=C[Si](C)(C=CC1CCC(C2CCC(C3CCC(C)CC3)CC2)CC1)C1CCCCC1. The zero-order valence-corrected chi connectivity index (χ0v) is 22.9. The maximum absolute atomic E-state index is 2.78. The molecule has 0 heterocycles. The molecule has 0 nitrogen and oxygen atoms in total. The molecule has 0 aromatic carbocycles. The van der Waals surface area contributed by atoms with Gasteiger partial charge in [-0.3, -0.25) is 0 Å².